The van der Waals surface area contributed by atoms with E-state index in [1.807, 2.05) is 47.4 Å². The molecule has 4 rings (SSSR count). The van der Waals surface area contributed by atoms with Gasteiger partial charge in [0.25, 0.3) is 0 Å². The zero-order valence-corrected chi connectivity index (χ0v) is 14.9. The van der Waals surface area contributed by atoms with Gasteiger partial charge in [0.15, 0.2) is 11.5 Å². The Morgan fingerprint density at radius 1 is 0.962 bits per heavy atom. The number of urea groups is 1. The third-order valence-electron chi connectivity index (χ3n) is 4.54. The number of anilines is 1. The molecular weight excluding hydrogens is 330 g/mol. The van der Waals surface area contributed by atoms with Gasteiger partial charge in [-0.25, -0.2) is 4.79 Å². The summed E-state index contributed by atoms with van der Waals surface area (Å²) in [6.07, 6.45) is 0. The lowest BCUT2D eigenvalue weighted by molar-refractivity contribution is 0.168. The molecule has 0 saturated carbocycles. The van der Waals surface area contributed by atoms with Gasteiger partial charge in [-0.1, -0.05) is 30.3 Å². The monoisotopic (exact) mass is 351 g/mol. The number of rotatable bonds is 2. The smallest absolute Gasteiger partial charge is 0.319 e. The van der Waals surface area contributed by atoms with Crippen LogP contribution in [0.5, 0.6) is 0 Å². The van der Waals surface area contributed by atoms with Gasteiger partial charge in [-0.15, -0.1) is 15.3 Å². The summed E-state index contributed by atoms with van der Waals surface area (Å²) < 4.78 is 1.78. The largest absolute Gasteiger partial charge is 0.352 e. The maximum absolute atomic E-state index is 12.1. The van der Waals surface area contributed by atoms with Crippen LogP contribution in [0.1, 0.15) is 0 Å². The zero-order valence-electron chi connectivity index (χ0n) is 14.9. The molecule has 2 aromatic heterocycles. The van der Waals surface area contributed by atoms with E-state index in [-0.39, 0.29) is 6.03 Å². The second kappa shape index (κ2) is 6.62. The second-order valence-electron chi connectivity index (χ2n) is 6.50. The predicted octanol–water partition coefficient (Wildman–Crippen LogP) is 1.59. The fraction of sp³-hybridized carbons (Fsp3) is 0.333. The van der Waals surface area contributed by atoms with Gasteiger partial charge in [0.05, 0.1) is 0 Å². The molecule has 0 atom stereocenters. The minimum absolute atomic E-state index is 0.0539. The maximum atomic E-state index is 12.1. The Labute approximate surface area is 151 Å². The van der Waals surface area contributed by atoms with E-state index in [0.717, 1.165) is 30.3 Å². The topological polar surface area (TPSA) is 69.9 Å². The van der Waals surface area contributed by atoms with Crippen molar-refractivity contribution < 1.29 is 4.79 Å². The van der Waals surface area contributed by atoms with Crippen molar-refractivity contribution in [3.8, 4) is 11.4 Å². The third kappa shape index (κ3) is 2.94. The number of carbonyl (C=O) groups is 1. The highest BCUT2D eigenvalue weighted by Crippen LogP contribution is 2.20. The van der Waals surface area contributed by atoms with E-state index in [9.17, 15) is 4.79 Å². The van der Waals surface area contributed by atoms with Crippen LogP contribution in [0.2, 0.25) is 0 Å². The average Bonchev–Trinajstić information content (AvgIpc) is 3.11. The lowest BCUT2D eigenvalue weighted by Crippen LogP contribution is -2.51. The summed E-state index contributed by atoms with van der Waals surface area (Å²) in [6, 6.07) is 13.9. The summed E-state index contributed by atoms with van der Waals surface area (Å²) in [7, 11) is 3.56. The van der Waals surface area contributed by atoms with Gasteiger partial charge in [0, 0.05) is 45.8 Å². The number of carbonyl (C=O) groups excluding carboxylic acids is 1. The van der Waals surface area contributed by atoms with Crippen molar-refractivity contribution in [2.24, 2.45) is 0 Å². The molecule has 1 aliphatic heterocycles. The molecule has 134 valence electrons. The second-order valence-corrected chi connectivity index (χ2v) is 6.50. The van der Waals surface area contributed by atoms with Crippen LogP contribution in [0.3, 0.4) is 0 Å². The van der Waals surface area contributed by atoms with Crippen molar-refractivity contribution >= 4 is 17.5 Å². The van der Waals surface area contributed by atoms with Gasteiger partial charge in [-0.2, -0.15) is 4.52 Å². The lowest BCUT2D eigenvalue weighted by Gasteiger charge is -2.36. The quantitative estimate of drug-likeness (QED) is 0.701. The number of hydrogen-bond acceptors (Lipinski definition) is 5. The van der Waals surface area contributed by atoms with E-state index in [0.29, 0.717) is 18.7 Å². The van der Waals surface area contributed by atoms with Crippen molar-refractivity contribution in [3.05, 3.63) is 42.5 Å². The van der Waals surface area contributed by atoms with E-state index in [4.69, 9.17) is 5.10 Å². The summed E-state index contributed by atoms with van der Waals surface area (Å²) in [5.74, 6) is 1.59. The summed E-state index contributed by atoms with van der Waals surface area (Å²) in [5, 5.41) is 13.2. The van der Waals surface area contributed by atoms with Crippen LogP contribution in [-0.4, -0.2) is 75.9 Å². The van der Waals surface area contributed by atoms with E-state index in [1.165, 1.54) is 0 Å². The van der Waals surface area contributed by atoms with Crippen LogP contribution >= 0.6 is 0 Å². The van der Waals surface area contributed by atoms with Crippen molar-refractivity contribution in [3.63, 3.8) is 0 Å². The highest BCUT2D eigenvalue weighted by Gasteiger charge is 2.23. The Bertz CT molecular complexity index is 914. The fourth-order valence-electron chi connectivity index (χ4n) is 3.12. The predicted molar refractivity (Wildman–Crippen MR) is 99.1 cm³/mol. The summed E-state index contributed by atoms with van der Waals surface area (Å²) in [5.41, 5.74) is 1.69. The van der Waals surface area contributed by atoms with Gasteiger partial charge in [0.2, 0.25) is 0 Å². The SMILES string of the molecule is CN(C)C(=O)N1CCN(c2ccc3nnc(-c4ccccc4)n3n2)CC1. The number of nitrogens with zero attached hydrogens (tertiary/aromatic N) is 7. The van der Waals surface area contributed by atoms with Crippen LogP contribution < -0.4 is 4.90 Å². The van der Waals surface area contributed by atoms with Crippen LogP contribution in [0, 0.1) is 0 Å². The summed E-state index contributed by atoms with van der Waals surface area (Å²) in [4.78, 5) is 17.7. The molecule has 1 saturated heterocycles. The molecule has 2 amide bonds. The number of hydrogen-bond donors (Lipinski definition) is 0. The molecular formula is C18H21N7O. The molecule has 1 fully saturated rings. The first kappa shape index (κ1) is 16.3. The number of fused-ring (bicyclic) bond motifs is 1. The molecule has 0 spiro atoms. The Kier molecular flexibility index (Phi) is 4.16. The van der Waals surface area contributed by atoms with Crippen molar-refractivity contribution in [1.29, 1.82) is 0 Å². The molecule has 0 aliphatic carbocycles. The number of piperazine rings is 1. The molecule has 8 nitrogen and oxygen atoms in total. The average molecular weight is 351 g/mol. The zero-order chi connectivity index (χ0) is 18.1. The Morgan fingerprint density at radius 3 is 2.38 bits per heavy atom. The van der Waals surface area contributed by atoms with Crippen LogP contribution in [-0.2, 0) is 0 Å². The Morgan fingerprint density at radius 2 is 1.69 bits per heavy atom. The van der Waals surface area contributed by atoms with Crippen molar-refractivity contribution in [1.82, 2.24) is 29.6 Å². The van der Waals surface area contributed by atoms with E-state index in [2.05, 4.69) is 15.1 Å². The number of amides is 2. The molecule has 8 heteroatoms. The summed E-state index contributed by atoms with van der Waals surface area (Å²) >= 11 is 0. The highest BCUT2D eigenvalue weighted by atomic mass is 16.2. The number of benzene rings is 1. The van der Waals surface area contributed by atoms with Gasteiger partial charge in [-0.05, 0) is 12.1 Å². The molecule has 3 aromatic rings. The maximum Gasteiger partial charge on any atom is 0.319 e. The Hall–Kier alpha value is -3.16. The minimum Gasteiger partial charge on any atom is -0.352 e. The van der Waals surface area contributed by atoms with Crippen LogP contribution in [0.25, 0.3) is 17.0 Å². The van der Waals surface area contributed by atoms with Crippen molar-refractivity contribution in [2.45, 2.75) is 0 Å². The Balaban J connectivity index is 1.58. The number of aromatic nitrogens is 4. The molecule has 1 aliphatic rings. The molecule has 0 bridgehead atoms. The first-order valence-electron chi connectivity index (χ1n) is 8.62. The van der Waals surface area contributed by atoms with E-state index < -0.39 is 0 Å². The standard InChI is InChI=1S/C18H21N7O/c1-22(2)18(26)24-12-10-23(11-13-24)16-9-8-15-19-20-17(25(15)21-16)14-6-4-3-5-7-14/h3-9H,10-13H2,1-2H3. The molecule has 1 aromatic carbocycles. The summed E-state index contributed by atoms with van der Waals surface area (Å²) in [6.45, 7) is 2.87. The molecule has 0 N–H and O–H groups in total. The highest BCUT2D eigenvalue weighted by molar-refractivity contribution is 5.74. The molecule has 26 heavy (non-hydrogen) atoms. The van der Waals surface area contributed by atoms with Crippen LogP contribution in [0.15, 0.2) is 42.5 Å². The van der Waals surface area contributed by atoms with Gasteiger partial charge in [-0.3, -0.25) is 0 Å². The van der Waals surface area contributed by atoms with Crippen molar-refractivity contribution in [2.75, 3.05) is 45.2 Å². The van der Waals surface area contributed by atoms with E-state index in [1.54, 1.807) is 23.5 Å². The van der Waals surface area contributed by atoms with Crippen LogP contribution in [0.4, 0.5) is 10.6 Å². The third-order valence-corrected chi connectivity index (χ3v) is 4.54. The lowest BCUT2D eigenvalue weighted by atomic mass is 10.2. The normalized spacial score (nSPS) is 14.7. The van der Waals surface area contributed by atoms with Gasteiger partial charge >= 0.3 is 6.03 Å². The van der Waals surface area contributed by atoms with Gasteiger partial charge in [0.1, 0.15) is 5.82 Å². The minimum atomic E-state index is 0.0539. The first-order chi connectivity index (χ1) is 12.6. The van der Waals surface area contributed by atoms with E-state index >= 15 is 0 Å². The molecule has 0 radical (unpaired) electrons. The molecule has 3 heterocycles. The van der Waals surface area contributed by atoms with Gasteiger partial charge < -0.3 is 14.7 Å². The fourth-order valence-corrected chi connectivity index (χ4v) is 3.12. The first-order valence-corrected chi connectivity index (χ1v) is 8.62. The molecule has 0 unspecified atom stereocenters.